The molecule has 0 aliphatic rings. The molecule has 1 heterocycles. The zero-order valence-corrected chi connectivity index (χ0v) is 9.93. The smallest absolute Gasteiger partial charge is 0.315 e. The first kappa shape index (κ1) is 12.0. The van der Waals surface area contributed by atoms with Gasteiger partial charge in [-0.05, 0) is 13.3 Å². The van der Waals surface area contributed by atoms with Crippen molar-refractivity contribution in [2.24, 2.45) is 0 Å². The monoisotopic (exact) mass is 227 g/mol. The standard InChI is InChI=1S/C10H17N3OS/c1-3-8(2)13-10(14)11-5-4-9-6-15-7-12-9/h6-8H,3-5H2,1-2H3,(H2,11,13,14). The Hall–Kier alpha value is -1.10. The van der Waals surface area contributed by atoms with Crippen LogP contribution in [-0.2, 0) is 6.42 Å². The molecule has 1 aromatic heterocycles. The lowest BCUT2D eigenvalue weighted by atomic mass is 10.3. The molecule has 2 amide bonds. The Kier molecular flexibility index (Phi) is 5.10. The molecule has 2 N–H and O–H groups in total. The van der Waals surface area contributed by atoms with Gasteiger partial charge in [-0.15, -0.1) is 11.3 Å². The zero-order chi connectivity index (χ0) is 11.1. The molecular formula is C10H17N3OS. The largest absolute Gasteiger partial charge is 0.338 e. The number of nitrogens with one attached hydrogen (secondary N) is 2. The second-order valence-electron chi connectivity index (χ2n) is 3.44. The summed E-state index contributed by atoms with van der Waals surface area (Å²) in [5, 5.41) is 7.64. The molecule has 84 valence electrons. The Labute approximate surface area is 94.1 Å². The Morgan fingerprint density at radius 3 is 3.07 bits per heavy atom. The van der Waals surface area contributed by atoms with Crippen molar-refractivity contribution in [3.05, 3.63) is 16.6 Å². The van der Waals surface area contributed by atoms with Crippen molar-refractivity contribution in [3.8, 4) is 0 Å². The maximum atomic E-state index is 11.3. The van der Waals surface area contributed by atoms with Crippen molar-refractivity contribution in [1.82, 2.24) is 15.6 Å². The molecule has 1 rings (SSSR count). The molecule has 0 fully saturated rings. The number of nitrogens with zero attached hydrogens (tertiary/aromatic N) is 1. The van der Waals surface area contributed by atoms with E-state index in [1.807, 2.05) is 19.2 Å². The Morgan fingerprint density at radius 2 is 2.47 bits per heavy atom. The van der Waals surface area contributed by atoms with Crippen LogP contribution in [0.15, 0.2) is 10.9 Å². The first-order valence-corrected chi connectivity index (χ1v) is 6.08. The summed E-state index contributed by atoms with van der Waals surface area (Å²) < 4.78 is 0. The van der Waals surface area contributed by atoms with E-state index in [2.05, 4.69) is 15.6 Å². The van der Waals surface area contributed by atoms with Crippen molar-refractivity contribution < 1.29 is 4.79 Å². The Morgan fingerprint density at radius 1 is 1.67 bits per heavy atom. The molecule has 0 spiro atoms. The maximum absolute atomic E-state index is 11.3. The molecule has 1 unspecified atom stereocenters. The normalized spacial score (nSPS) is 12.1. The van der Waals surface area contributed by atoms with Gasteiger partial charge < -0.3 is 10.6 Å². The van der Waals surface area contributed by atoms with Crippen LogP contribution in [0.5, 0.6) is 0 Å². The predicted molar refractivity (Wildman–Crippen MR) is 62.1 cm³/mol. The minimum absolute atomic E-state index is 0.0976. The lowest BCUT2D eigenvalue weighted by Gasteiger charge is -2.11. The number of carbonyl (C=O) groups excluding carboxylic acids is 1. The zero-order valence-electron chi connectivity index (χ0n) is 9.12. The fourth-order valence-corrected chi connectivity index (χ4v) is 1.63. The van der Waals surface area contributed by atoms with E-state index < -0.39 is 0 Å². The number of carbonyl (C=O) groups is 1. The van der Waals surface area contributed by atoms with Crippen LogP contribution in [0.1, 0.15) is 26.0 Å². The van der Waals surface area contributed by atoms with Crippen LogP contribution in [-0.4, -0.2) is 23.6 Å². The van der Waals surface area contributed by atoms with Crippen molar-refractivity contribution in [2.45, 2.75) is 32.7 Å². The van der Waals surface area contributed by atoms with Gasteiger partial charge in [0.1, 0.15) is 0 Å². The van der Waals surface area contributed by atoms with Crippen LogP contribution < -0.4 is 10.6 Å². The molecule has 1 aromatic rings. The first-order chi connectivity index (χ1) is 7.22. The molecule has 0 radical (unpaired) electrons. The second-order valence-corrected chi connectivity index (χ2v) is 4.16. The summed E-state index contributed by atoms with van der Waals surface area (Å²) in [5.41, 5.74) is 2.83. The van der Waals surface area contributed by atoms with Gasteiger partial charge >= 0.3 is 6.03 Å². The molecule has 1 atom stereocenters. The molecule has 4 nitrogen and oxygen atoms in total. The van der Waals surface area contributed by atoms with Crippen LogP contribution in [0.2, 0.25) is 0 Å². The molecule has 0 aliphatic carbocycles. The number of aromatic nitrogens is 1. The van der Waals surface area contributed by atoms with Crippen molar-refractivity contribution >= 4 is 17.4 Å². The summed E-state index contributed by atoms with van der Waals surface area (Å²) in [6.07, 6.45) is 1.73. The summed E-state index contributed by atoms with van der Waals surface area (Å²) in [7, 11) is 0. The predicted octanol–water partition coefficient (Wildman–Crippen LogP) is 1.78. The molecule has 0 saturated carbocycles. The summed E-state index contributed by atoms with van der Waals surface area (Å²) in [6.45, 7) is 4.66. The molecule has 5 heteroatoms. The molecule has 0 bridgehead atoms. The van der Waals surface area contributed by atoms with Gasteiger partial charge in [0.2, 0.25) is 0 Å². The summed E-state index contributed by atoms with van der Waals surface area (Å²) in [5.74, 6) is 0. The summed E-state index contributed by atoms with van der Waals surface area (Å²) >= 11 is 1.57. The third-order valence-electron chi connectivity index (χ3n) is 2.14. The third kappa shape index (κ3) is 4.78. The second kappa shape index (κ2) is 6.40. The quantitative estimate of drug-likeness (QED) is 0.805. The molecule has 0 aromatic carbocycles. The highest BCUT2D eigenvalue weighted by Crippen LogP contribution is 2.00. The lowest BCUT2D eigenvalue weighted by molar-refractivity contribution is 0.237. The fraction of sp³-hybridized carbons (Fsp3) is 0.600. The number of hydrogen-bond acceptors (Lipinski definition) is 3. The molecule has 15 heavy (non-hydrogen) atoms. The highest BCUT2D eigenvalue weighted by molar-refractivity contribution is 7.07. The van der Waals surface area contributed by atoms with Gasteiger partial charge in [0.15, 0.2) is 0 Å². The third-order valence-corrected chi connectivity index (χ3v) is 2.78. The van der Waals surface area contributed by atoms with Crippen molar-refractivity contribution in [2.75, 3.05) is 6.54 Å². The minimum Gasteiger partial charge on any atom is -0.338 e. The number of urea groups is 1. The van der Waals surface area contributed by atoms with E-state index in [-0.39, 0.29) is 12.1 Å². The van der Waals surface area contributed by atoms with Gasteiger partial charge in [0.05, 0.1) is 11.2 Å². The van der Waals surface area contributed by atoms with Gasteiger partial charge in [-0.2, -0.15) is 0 Å². The fourth-order valence-electron chi connectivity index (χ4n) is 1.04. The van der Waals surface area contributed by atoms with Gasteiger partial charge in [-0.25, -0.2) is 9.78 Å². The Balaban J connectivity index is 2.12. The van der Waals surface area contributed by atoms with E-state index in [9.17, 15) is 4.79 Å². The summed E-state index contributed by atoms with van der Waals surface area (Å²) in [4.78, 5) is 15.4. The average molecular weight is 227 g/mol. The SMILES string of the molecule is CCC(C)NC(=O)NCCc1cscn1. The maximum Gasteiger partial charge on any atom is 0.315 e. The molecule has 0 saturated heterocycles. The number of thiazole rings is 1. The van der Waals surface area contributed by atoms with Crippen LogP contribution in [0.4, 0.5) is 4.79 Å². The highest BCUT2D eigenvalue weighted by atomic mass is 32.1. The van der Waals surface area contributed by atoms with Gasteiger partial charge in [-0.1, -0.05) is 6.92 Å². The van der Waals surface area contributed by atoms with Gasteiger partial charge in [-0.3, -0.25) is 0 Å². The van der Waals surface area contributed by atoms with Crippen LogP contribution in [0, 0.1) is 0 Å². The van der Waals surface area contributed by atoms with E-state index >= 15 is 0 Å². The number of rotatable bonds is 5. The lowest BCUT2D eigenvalue weighted by Crippen LogP contribution is -2.41. The average Bonchev–Trinajstić information content (AvgIpc) is 2.70. The van der Waals surface area contributed by atoms with Gasteiger partial charge in [0, 0.05) is 24.4 Å². The van der Waals surface area contributed by atoms with Crippen LogP contribution >= 0.6 is 11.3 Å². The van der Waals surface area contributed by atoms with E-state index in [1.165, 1.54) is 0 Å². The molecular weight excluding hydrogens is 210 g/mol. The number of hydrogen-bond donors (Lipinski definition) is 2. The highest BCUT2D eigenvalue weighted by Gasteiger charge is 2.03. The Bertz CT molecular complexity index is 287. The van der Waals surface area contributed by atoms with E-state index in [0.717, 1.165) is 18.5 Å². The number of amides is 2. The first-order valence-electron chi connectivity index (χ1n) is 5.13. The van der Waals surface area contributed by atoms with E-state index in [1.54, 1.807) is 16.8 Å². The minimum atomic E-state index is -0.0976. The summed E-state index contributed by atoms with van der Waals surface area (Å²) in [6, 6.07) is 0.129. The topological polar surface area (TPSA) is 54.0 Å². The van der Waals surface area contributed by atoms with E-state index in [0.29, 0.717) is 6.54 Å². The van der Waals surface area contributed by atoms with Gasteiger partial charge in [0.25, 0.3) is 0 Å². The van der Waals surface area contributed by atoms with Crippen LogP contribution in [0.25, 0.3) is 0 Å². The van der Waals surface area contributed by atoms with Crippen molar-refractivity contribution in [3.63, 3.8) is 0 Å². The van der Waals surface area contributed by atoms with Crippen LogP contribution in [0.3, 0.4) is 0 Å². The molecule has 0 aliphatic heterocycles. The van der Waals surface area contributed by atoms with Crippen molar-refractivity contribution in [1.29, 1.82) is 0 Å². The van der Waals surface area contributed by atoms with E-state index in [4.69, 9.17) is 0 Å².